The second kappa shape index (κ2) is 30.0. The predicted octanol–water partition coefficient (Wildman–Crippen LogP) is 2.76. The molecular weight excluding hydrogens is 256 g/mol. The summed E-state index contributed by atoms with van der Waals surface area (Å²) in [6.45, 7) is 15.3. The highest BCUT2D eigenvalue weighted by atomic mass is 16.5. The molecule has 0 aromatic heterocycles. The highest BCUT2D eigenvalue weighted by Crippen LogP contribution is 1.94. The Morgan fingerprint density at radius 2 is 1.45 bits per heavy atom. The second-order valence-electron chi connectivity index (χ2n) is 2.81. The van der Waals surface area contributed by atoms with Crippen molar-refractivity contribution in [3.05, 3.63) is 38.0 Å². The van der Waals surface area contributed by atoms with E-state index in [0.717, 1.165) is 0 Å². The summed E-state index contributed by atoms with van der Waals surface area (Å²) in [5.41, 5.74) is 0. The molecule has 5 heteroatoms. The van der Waals surface area contributed by atoms with Crippen LogP contribution in [0.4, 0.5) is 0 Å². The van der Waals surface area contributed by atoms with Gasteiger partial charge in [0.05, 0.1) is 18.7 Å². The maximum absolute atomic E-state index is 10.6. The lowest BCUT2D eigenvalue weighted by molar-refractivity contribution is -0.145. The maximum atomic E-state index is 10.6. The maximum Gasteiger partial charge on any atom is 0.338 e. The molecule has 0 aliphatic heterocycles. The van der Waals surface area contributed by atoms with Crippen molar-refractivity contribution in [2.45, 2.75) is 20.8 Å². The number of hydrogen-bond acceptors (Lipinski definition) is 5. The second-order valence-corrected chi connectivity index (χ2v) is 2.81. The van der Waals surface area contributed by atoms with E-state index in [1.54, 1.807) is 18.2 Å². The topological polar surface area (TPSA) is 94.1 Å². The zero-order valence-corrected chi connectivity index (χ0v) is 12.5. The number of rotatable bonds is 3. The molecule has 0 fully saturated rings. The number of allylic oxidation sites excluding steroid dienone is 3. The Hall–Kier alpha value is -2.37. The molecule has 0 spiro atoms. The van der Waals surface area contributed by atoms with Gasteiger partial charge in [-0.25, -0.2) is 4.79 Å². The van der Waals surface area contributed by atoms with E-state index in [1.165, 1.54) is 12.1 Å². The van der Waals surface area contributed by atoms with Crippen molar-refractivity contribution in [2.75, 3.05) is 13.2 Å². The van der Waals surface area contributed by atoms with Crippen molar-refractivity contribution in [2.24, 2.45) is 5.92 Å². The molecule has 0 aliphatic rings. The summed E-state index contributed by atoms with van der Waals surface area (Å²) in [6, 6.07) is 2.89. The Morgan fingerprint density at radius 1 is 1.15 bits per heavy atom. The third kappa shape index (κ3) is 36.1. The fourth-order valence-electron chi connectivity index (χ4n) is 0.364. The van der Waals surface area contributed by atoms with Gasteiger partial charge in [0.1, 0.15) is 6.61 Å². The first-order valence-electron chi connectivity index (χ1n) is 5.78. The van der Waals surface area contributed by atoms with Gasteiger partial charge in [0.25, 0.3) is 0 Å². The fourth-order valence-corrected chi connectivity index (χ4v) is 0.364. The zero-order chi connectivity index (χ0) is 16.8. The molecule has 0 saturated carbocycles. The molecule has 0 unspecified atom stereocenters. The lowest BCUT2D eigenvalue weighted by Gasteiger charge is -2.00. The smallest absolute Gasteiger partial charge is 0.338 e. The Kier molecular flexibility index (Phi) is 39.4. The Balaban J connectivity index is -0.000000117. The van der Waals surface area contributed by atoms with Gasteiger partial charge >= 0.3 is 5.97 Å². The minimum Gasteiger partial charge on any atom is -0.461 e. The number of nitriles is 2. The number of nitrogens with zero attached hydrogens (tertiary/aromatic N) is 2. The standard InChI is InChI=1S/C6H6N2O3.3C3H6/c7-3-5(4-8)6(10)11-2-1-9;3*1-3-2/h5,9H,1-2H2;3*3H,1H2,2H3. The van der Waals surface area contributed by atoms with E-state index in [2.05, 4.69) is 24.5 Å². The Labute approximate surface area is 122 Å². The third-order valence-corrected chi connectivity index (χ3v) is 0.830. The molecule has 1 N–H and O–H groups in total. The van der Waals surface area contributed by atoms with Gasteiger partial charge in [0.15, 0.2) is 0 Å². The lowest BCUT2D eigenvalue weighted by Crippen LogP contribution is -2.16. The van der Waals surface area contributed by atoms with E-state index < -0.39 is 11.9 Å². The van der Waals surface area contributed by atoms with Crippen molar-refractivity contribution in [3.63, 3.8) is 0 Å². The Morgan fingerprint density at radius 3 is 1.65 bits per heavy atom. The number of aliphatic hydroxyl groups excluding tert-OH is 1. The number of carbonyl (C=O) groups is 1. The van der Waals surface area contributed by atoms with Gasteiger partial charge in [-0.3, -0.25) is 0 Å². The molecule has 0 bridgehead atoms. The largest absolute Gasteiger partial charge is 0.461 e. The van der Waals surface area contributed by atoms with Crippen molar-refractivity contribution < 1.29 is 14.6 Å². The van der Waals surface area contributed by atoms with Crippen LogP contribution in [-0.2, 0) is 9.53 Å². The molecule has 0 radical (unpaired) electrons. The van der Waals surface area contributed by atoms with E-state index in [-0.39, 0.29) is 13.2 Å². The van der Waals surface area contributed by atoms with Crippen molar-refractivity contribution in [1.82, 2.24) is 0 Å². The van der Waals surface area contributed by atoms with E-state index in [9.17, 15) is 4.79 Å². The third-order valence-electron chi connectivity index (χ3n) is 0.830. The normalized spacial score (nSPS) is 6.55. The molecular formula is C15H24N2O3. The van der Waals surface area contributed by atoms with Gasteiger partial charge in [0, 0.05) is 0 Å². The van der Waals surface area contributed by atoms with E-state index in [1.807, 2.05) is 20.8 Å². The van der Waals surface area contributed by atoms with Crippen molar-refractivity contribution >= 4 is 5.97 Å². The first kappa shape index (κ1) is 26.2. The molecule has 0 heterocycles. The number of carbonyl (C=O) groups excluding carboxylic acids is 1. The predicted molar refractivity (Wildman–Crippen MR) is 80.4 cm³/mol. The van der Waals surface area contributed by atoms with Crippen molar-refractivity contribution in [3.8, 4) is 12.1 Å². The summed E-state index contributed by atoms with van der Waals surface area (Å²) in [5.74, 6) is -2.30. The monoisotopic (exact) mass is 280 g/mol. The summed E-state index contributed by atoms with van der Waals surface area (Å²) in [5, 5.41) is 24.5. The molecule has 0 atom stereocenters. The molecule has 0 amide bonds. The van der Waals surface area contributed by atoms with Gasteiger partial charge < -0.3 is 9.84 Å². The quantitative estimate of drug-likeness (QED) is 0.633. The average Bonchev–Trinajstić information content (AvgIpc) is 2.40. The number of aliphatic hydroxyl groups is 1. The Bertz CT molecular complexity index is 297. The van der Waals surface area contributed by atoms with Gasteiger partial charge in [0.2, 0.25) is 5.92 Å². The highest BCUT2D eigenvalue weighted by molar-refractivity contribution is 5.78. The summed E-state index contributed by atoms with van der Waals surface area (Å²) < 4.78 is 4.30. The minimum absolute atomic E-state index is 0.182. The van der Waals surface area contributed by atoms with Crippen LogP contribution in [0.5, 0.6) is 0 Å². The van der Waals surface area contributed by atoms with Gasteiger partial charge in [-0.05, 0) is 20.8 Å². The molecule has 0 saturated heterocycles. The summed E-state index contributed by atoms with van der Waals surface area (Å²) in [4.78, 5) is 10.6. The molecule has 0 aromatic rings. The first-order valence-corrected chi connectivity index (χ1v) is 5.78. The van der Waals surface area contributed by atoms with Crippen LogP contribution in [0.3, 0.4) is 0 Å². The van der Waals surface area contributed by atoms with E-state index in [0.29, 0.717) is 0 Å². The molecule has 0 aromatic carbocycles. The van der Waals surface area contributed by atoms with Gasteiger partial charge in [-0.2, -0.15) is 10.5 Å². The molecule has 112 valence electrons. The van der Waals surface area contributed by atoms with Crippen molar-refractivity contribution in [1.29, 1.82) is 10.5 Å². The lowest BCUT2D eigenvalue weighted by atomic mass is 10.2. The number of hydrogen-bond donors (Lipinski definition) is 1. The molecule has 20 heavy (non-hydrogen) atoms. The SMILES string of the molecule is C=CC.C=CC.C=CC.N#CC(C#N)C(=O)OCCO. The van der Waals surface area contributed by atoms with Crippen LogP contribution < -0.4 is 0 Å². The average molecular weight is 280 g/mol. The summed E-state index contributed by atoms with van der Waals surface area (Å²) in [6.07, 6.45) is 5.25. The van der Waals surface area contributed by atoms with Crippen LogP contribution in [0, 0.1) is 28.6 Å². The minimum atomic E-state index is -1.39. The van der Waals surface area contributed by atoms with E-state index >= 15 is 0 Å². The number of ether oxygens (including phenoxy) is 1. The molecule has 0 rings (SSSR count). The fraction of sp³-hybridized carbons (Fsp3) is 0.400. The van der Waals surface area contributed by atoms with Crippen LogP contribution in [0.15, 0.2) is 38.0 Å². The van der Waals surface area contributed by atoms with Crippen LogP contribution in [-0.4, -0.2) is 24.3 Å². The first-order chi connectivity index (χ1) is 9.50. The van der Waals surface area contributed by atoms with Gasteiger partial charge in [-0.1, -0.05) is 18.2 Å². The van der Waals surface area contributed by atoms with Crippen LogP contribution in [0.1, 0.15) is 20.8 Å². The summed E-state index contributed by atoms with van der Waals surface area (Å²) >= 11 is 0. The van der Waals surface area contributed by atoms with E-state index in [4.69, 9.17) is 15.6 Å². The summed E-state index contributed by atoms with van der Waals surface area (Å²) in [7, 11) is 0. The molecule has 0 aliphatic carbocycles. The van der Waals surface area contributed by atoms with Gasteiger partial charge in [-0.15, -0.1) is 19.7 Å². The van der Waals surface area contributed by atoms with Crippen LogP contribution in [0.25, 0.3) is 0 Å². The highest BCUT2D eigenvalue weighted by Gasteiger charge is 2.17. The number of esters is 1. The van der Waals surface area contributed by atoms with Crippen LogP contribution in [0.2, 0.25) is 0 Å². The molecule has 5 nitrogen and oxygen atoms in total. The zero-order valence-electron chi connectivity index (χ0n) is 12.5. The van der Waals surface area contributed by atoms with Crippen LogP contribution >= 0.6 is 0 Å².